The molecule has 0 aliphatic carbocycles. The van der Waals surface area contributed by atoms with Crippen LogP contribution >= 0.6 is 11.3 Å². The van der Waals surface area contributed by atoms with E-state index in [1.54, 1.807) is 29.3 Å². The first kappa shape index (κ1) is 15.0. The van der Waals surface area contributed by atoms with Crippen molar-refractivity contribution in [1.82, 2.24) is 29.7 Å². The summed E-state index contributed by atoms with van der Waals surface area (Å²) in [5.41, 5.74) is 1.05. The van der Waals surface area contributed by atoms with Crippen molar-refractivity contribution < 1.29 is 4.39 Å². The van der Waals surface area contributed by atoms with Crippen molar-refractivity contribution in [2.75, 3.05) is 13.1 Å². The predicted octanol–water partition coefficient (Wildman–Crippen LogP) is 2.95. The van der Waals surface area contributed by atoms with Crippen LogP contribution in [0.15, 0.2) is 24.5 Å². The van der Waals surface area contributed by atoms with E-state index in [1.807, 2.05) is 10.6 Å². The smallest absolute Gasteiger partial charge is 0.212 e. The van der Waals surface area contributed by atoms with E-state index >= 15 is 0 Å². The van der Waals surface area contributed by atoms with Crippen LogP contribution in [0.5, 0.6) is 0 Å². The predicted molar refractivity (Wildman–Crippen MR) is 95.4 cm³/mol. The zero-order valence-electron chi connectivity index (χ0n) is 13.7. The molecule has 4 aromatic rings. The van der Waals surface area contributed by atoms with Crippen molar-refractivity contribution in [2.45, 2.75) is 18.8 Å². The van der Waals surface area contributed by atoms with E-state index in [2.05, 4.69) is 26.7 Å². The van der Waals surface area contributed by atoms with Crippen molar-refractivity contribution in [3.05, 3.63) is 35.2 Å². The van der Waals surface area contributed by atoms with Crippen molar-refractivity contribution >= 4 is 27.2 Å². The Morgan fingerprint density at radius 3 is 2.84 bits per heavy atom. The molecule has 1 aromatic carbocycles. The van der Waals surface area contributed by atoms with Gasteiger partial charge in [-0.3, -0.25) is 4.68 Å². The highest BCUT2D eigenvalue weighted by Crippen LogP contribution is 2.32. The van der Waals surface area contributed by atoms with Crippen molar-refractivity contribution in [2.24, 2.45) is 7.05 Å². The van der Waals surface area contributed by atoms with Gasteiger partial charge in [0.1, 0.15) is 5.52 Å². The molecule has 25 heavy (non-hydrogen) atoms. The molecule has 1 aliphatic rings. The van der Waals surface area contributed by atoms with E-state index in [4.69, 9.17) is 0 Å². The highest BCUT2D eigenvalue weighted by molar-refractivity contribution is 7.17. The fourth-order valence-electron chi connectivity index (χ4n) is 3.47. The number of nitrogens with zero attached hydrogens (tertiary/aromatic N) is 5. The van der Waals surface area contributed by atoms with Gasteiger partial charge in [0.2, 0.25) is 4.96 Å². The normalized spacial score (nSPS) is 16.2. The fourth-order valence-corrected chi connectivity index (χ4v) is 4.56. The third-order valence-corrected chi connectivity index (χ3v) is 5.87. The van der Waals surface area contributed by atoms with Crippen LogP contribution in [0.4, 0.5) is 4.39 Å². The molecule has 6 nitrogen and oxygen atoms in total. The first-order valence-corrected chi connectivity index (χ1v) is 9.19. The van der Waals surface area contributed by atoms with Crippen LogP contribution in [-0.4, -0.2) is 37.5 Å². The van der Waals surface area contributed by atoms with E-state index in [9.17, 15) is 4.39 Å². The lowest BCUT2D eigenvalue weighted by Crippen LogP contribution is -2.26. The number of halogens is 1. The highest BCUT2D eigenvalue weighted by Gasteiger charge is 2.20. The summed E-state index contributed by atoms with van der Waals surface area (Å²) in [7, 11) is 1.78. The summed E-state index contributed by atoms with van der Waals surface area (Å²) < 4.78 is 17.7. The maximum atomic E-state index is 14.3. The number of aromatic nitrogens is 5. The number of nitrogens with one attached hydrogen (secondary N) is 1. The van der Waals surface area contributed by atoms with E-state index in [0.29, 0.717) is 22.8 Å². The Balaban J connectivity index is 1.53. The van der Waals surface area contributed by atoms with Gasteiger partial charge < -0.3 is 5.32 Å². The average molecular weight is 356 g/mol. The Morgan fingerprint density at radius 2 is 2.04 bits per heavy atom. The third kappa shape index (κ3) is 2.52. The first-order chi connectivity index (χ1) is 12.2. The van der Waals surface area contributed by atoms with Gasteiger partial charge in [0, 0.05) is 35.3 Å². The van der Waals surface area contributed by atoms with Crippen molar-refractivity contribution in [3.8, 4) is 11.4 Å². The zero-order valence-corrected chi connectivity index (χ0v) is 14.6. The Morgan fingerprint density at radius 1 is 1.20 bits per heavy atom. The standard InChI is InChI=1S/C17H17FN6S/c1-23-8-12-6-11(7-13(18)15(12)21-23)16-20-17-24(22-16)9-14(25-17)10-2-4-19-5-3-10/h6-10,19H,2-5H2,1H3. The van der Waals surface area contributed by atoms with Gasteiger partial charge in [0.25, 0.3) is 0 Å². The van der Waals surface area contributed by atoms with Gasteiger partial charge in [-0.25, -0.2) is 8.91 Å². The maximum Gasteiger partial charge on any atom is 0.212 e. The minimum Gasteiger partial charge on any atom is -0.317 e. The molecule has 0 saturated carbocycles. The van der Waals surface area contributed by atoms with Gasteiger partial charge >= 0.3 is 0 Å². The monoisotopic (exact) mass is 356 g/mol. The molecular weight excluding hydrogens is 339 g/mol. The summed E-state index contributed by atoms with van der Waals surface area (Å²) in [6.45, 7) is 2.13. The molecule has 0 unspecified atom stereocenters. The van der Waals surface area contributed by atoms with E-state index in [0.717, 1.165) is 36.3 Å². The molecule has 0 bridgehead atoms. The summed E-state index contributed by atoms with van der Waals surface area (Å²) in [5, 5.41) is 12.8. The molecule has 0 radical (unpaired) electrons. The Hall–Kier alpha value is -2.32. The number of rotatable bonds is 2. The van der Waals surface area contributed by atoms with Crippen LogP contribution in [-0.2, 0) is 7.05 Å². The van der Waals surface area contributed by atoms with Gasteiger partial charge in [-0.1, -0.05) is 11.3 Å². The van der Waals surface area contributed by atoms with Crippen LogP contribution in [0, 0.1) is 5.82 Å². The topological polar surface area (TPSA) is 60.0 Å². The zero-order chi connectivity index (χ0) is 17.0. The molecule has 5 rings (SSSR count). The summed E-state index contributed by atoms with van der Waals surface area (Å²) in [6, 6.07) is 3.35. The fraction of sp³-hybridized carbons (Fsp3) is 0.353. The number of piperidine rings is 1. The molecule has 3 aromatic heterocycles. The molecule has 0 spiro atoms. The molecule has 1 saturated heterocycles. The lowest BCUT2D eigenvalue weighted by Gasteiger charge is -2.20. The van der Waals surface area contributed by atoms with Crippen LogP contribution in [0.2, 0.25) is 0 Å². The van der Waals surface area contributed by atoms with Gasteiger partial charge in [-0.05, 0) is 44.0 Å². The minimum absolute atomic E-state index is 0.346. The van der Waals surface area contributed by atoms with E-state index in [1.165, 1.54) is 10.9 Å². The number of benzene rings is 1. The van der Waals surface area contributed by atoms with Crippen LogP contribution < -0.4 is 5.32 Å². The Kier molecular flexibility index (Phi) is 3.36. The largest absolute Gasteiger partial charge is 0.317 e. The molecular formula is C17H17FN6S. The summed E-state index contributed by atoms with van der Waals surface area (Å²) in [5.74, 6) is 0.789. The van der Waals surface area contributed by atoms with Crippen LogP contribution in [0.25, 0.3) is 27.3 Å². The quantitative estimate of drug-likeness (QED) is 0.600. The Bertz CT molecular complexity index is 1040. The number of aryl methyl sites for hydroxylation is 1. The van der Waals surface area contributed by atoms with E-state index in [-0.39, 0.29) is 5.82 Å². The molecule has 0 amide bonds. The number of thiazole rings is 1. The SMILES string of the molecule is Cn1cc2cc(-c3nc4sc(C5CCNCC5)cn4n3)cc(F)c2n1. The second kappa shape index (κ2) is 5.60. The molecule has 4 heterocycles. The minimum atomic E-state index is -0.346. The first-order valence-electron chi connectivity index (χ1n) is 8.37. The molecule has 1 N–H and O–H groups in total. The molecule has 8 heteroatoms. The lowest BCUT2D eigenvalue weighted by atomic mass is 9.97. The molecule has 128 valence electrons. The summed E-state index contributed by atoms with van der Waals surface area (Å²) in [4.78, 5) is 6.80. The molecule has 1 aliphatic heterocycles. The molecule has 1 fully saturated rings. The van der Waals surface area contributed by atoms with Crippen molar-refractivity contribution in [1.29, 1.82) is 0 Å². The number of hydrogen-bond acceptors (Lipinski definition) is 5. The Labute approximate surface area is 147 Å². The van der Waals surface area contributed by atoms with Crippen LogP contribution in [0.3, 0.4) is 0 Å². The van der Waals surface area contributed by atoms with Gasteiger partial charge in [-0.15, -0.1) is 5.10 Å². The highest BCUT2D eigenvalue weighted by atomic mass is 32.1. The van der Waals surface area contributed by atoms with Gasteiger partial charge in [0.15, 0.2) is 11.6 Å². The lowest BCUT2D eigenvalue weighted by molar-refractivity contribution is 0.464. The number of hydrogen-bond donors (Lipinski definition) is 1. The van der Waals surface area contributed by atoms with Gasteiger partial charge in [0.05, 0.1) is 0 Å². The second-order valence-corrected chi connectivity index (χ2v) is 7.56. The van der Waals surface area contributed by atoms with E-state index < -0.39 is 0 Å². The summed E-state index contributed by atoms with van der Waals surface area (Å²) >= 11 is 1.68. The average Bonchev–Trinajstić information content (AvgIpc) is 3.27. The second-order valence-electron chi connectivity index (χ2n) is 6.52. The van der Waals surface area contributed by atoms with Crippen LogP contribution in [0.1, 0.15) is 23.6 Å². The summed E-state index contributed by atoms with van der Waals surface area (Å²) in [6.07, 6.45) is 6.18. The molecule has 0 atom stereocenters. The number of fused-ring (bicyclic) bond motifs is 2. The maximum absolute atomic E-state index is 14.3. The van der Waals surface area contributed by atoms with Gasteiger partial charge in [-0.2, -0.15) is 10.1 Å². The van der Waals surface area contributed by atoms with Crippen molar-refractivity contribution in [3.63, 3.8) is 0 Å². The third-order valence-electron chi connectivity index (χ3n) is 4.73.